The van der Waals surface area contributed by atoms with Crippen LogP contribution >= 0.6 is 0 Å². The fourth-order valence-electron chi connectivity index (χ4n) is 7.30. The first-order valence-corrected chi connectivity index (χ1v) is 14.7. The Balaban J connectivity index is 1.07. The summed E-state index contributed by atoms with van der Waals surface area (Å²) in [5.41, 5.74) is -4.76. The number of likely N-dealkylation sites (tertiary alicyclic amines) is 1. The van der Waals surface area contributed by atoms with Crippen molar-refractivity contribution in [2.75, 3.05) is 18.0 Å². The van der Waals surface area contributed by atoms with E-state index >= 15 is 0 Å². The van der Waals surface area contributed by atoms with Crippen molar-refractivity contribution in [3.8, 4) is 0 Å². The van der Waals surface area contributed by atoms with Crippen molar-refractivity contribution in [3.05, 3.63) is 59.4 Å². The number of rotatable bonds is 5. The van der Waals surface area contributed by atoms with E-state index < -0.39 is 40.7 Å². The topological polar surface area (TPSA) is 165 Å². The molecule has 1 aliphatic carbocycles. The van der Waals surface area contributed by atoms with E-state index in [9.17, 15) is 47.7 Å². The maximum atomic E-state index is 13.8. The first kappa shape index (κ1) is 30.4. The second kappa shape index (κ2) is 9.86. The summed E-state index contributed by atoms with van der Waals surface area (Å²) in [6, 6.07) is 7.95. The molecule has 2 radical (unpaired) electrons. The third-order valence-electron chi connectivity index (χ3n) is 9.82. The van der Waals surface area contributed by atoms with E-state index in [1.807, 2.05) is 12.1 Å². The van der Waals surface area contributed by atoms with Gasteiger partial charge in [-0.2, -0.15) is 18.3 Å². The Bertz CT molecular complexity index is 1820. The molecule has 7 rings (SSSR count). The zero-order valence-electron chi connectivity index (χ0n) is 24.1. The first-order valence-electron chi connectivity index (χ1n) is 14.7. The maximum absolute atomic E-state index is 13.8. The summed E-state index contributed by atoms with van der Waals surface area (Å²) in [6.45, 7) is -0.315. The summed E-state index contributed by atoms with van der Waals surface area (Å²) < 4.78 is 43.2. The monoisotopic (exact) mass is 637 g/mol. The van der Waals surface area contributed by atoms with Crippen LogP contribution in [-0.4, -0.2) is 98.1 Å². The van der Waals surface area contributed by atoms with Gasteiger partial charge in [0, 0.05) is 43.1 Å². The molecule has 3 aliphatic heterocycles. The number of amides is 4. The molecule has 16 heteroatoms. The minimum atomic E-state index is -5.51. The molecule has 3 fully saturated rings. The predicted molar refractivity (Wildman–Crippen MR) is 153 cm³/mol. The summed E-state index contributed by atoms with van der Waals surface area (Å²) in [5.74, 6) is -6.76. The van der Waals surface area contributed by atoms with Crippen molar-refractivity contribution in [1.29, 1.82) is 0 Å². The molecule has 3 aromatic rings. The van der Waals surface area contributed by atoms with Gasteiger partial charge >= 0.3 is 6.18 Å². The number of aliphatic hydroxyl groups is 3. The molecule has 1 saturated carbocycles. The number of aromatic nitrogens is 2. The molecule has 4 N–H and O–H groups in total. The number of carbonyl (C=O) groups excluding carboxylic acids is 4. The van der Waals surface area contributed by atoms with Gasteiger partial charge in [-0.05, 0) is 47.9 Å². The van der Waals surface area contributed by atoms with Gasteiger partial charge in [0.25, 0.3) is 5.91 Å². The number of piperidine rings is 2. The van der Waals surface area contributed by atoms with Crippen molar-refractivity contribution in [1.82, 2.24) is 20.0 Å². The van der Waals surface area contributed by atoms with Crippen LogP contribution < -0.4 is 10.2 Å². The zero-order chi connectivity index (χ0) is 33.0. The van der Waals surface area contributed by atoms with E-state index in [1.165, 1.54) is 4.90 Å². The Labute approximate surface area is 260 Å². The number of carbonyl (C=O) groups is 4. The lowest BCUT2D eigenvalue weighted by atomic mass is 9.85. The number of imide groups is 1. The predicted octanol–water partition coefficient (Wildman–Crippen LogP) is 0.656. The molecule has 4 amide bonds. The quantitative estimate of drug-likeness (QED) is 0.180. The Morgan fingerprint density at radius 2 is 1.76 bits per heavy atom. The zero-order valence-corrected chi connectivity index (χ0v) is 24.1. The van der Waals surface area contributed by atoms with Gasteiger partial charge in [-0.25, -0.2) is 0 Å². The lowest BCUT2D eigenvalue weighted by Crippen LogP contribution is -2.53. The van der Waals surface area contributed by atoms with E-state index in [2.05, 4.69) is 10.4 Å². The molecule has 0 spiro atoms. The van der Waals surface area contributed by atoms with Crippen LogP contribution in [0.2, 0.25) is 0 Å². The average molecular weight is 637 g/mol. The maximum Gasteiger partial charge on any atom is 0.410 e. The molecule has 0 bridgehead atoms. The van der Waals surface area contributed by atoms with Gasteiger partial charge in [0.05, 0.1) is 17.9 Å². The number of nitrogens with one attached hydrogen (secondary N) is 1. The van der Waals surface area contributed by atoms with Crippen LogP contribution in [0.4, 0.5) is 18.9 Å². The van der Waals surface area contributed by atoms with Crippen molar-refractivity contribution in [3.63, 3.8) is 0 Å². The number of anilines is 1. The highest BCUT2D eigenvalue weighted by molar-refractivity contribution is 6.27. The largest absolute Gasteiger partial charge is 0.410 e. The average Bonchev–Trinajstić information content (AvgIpc) is 3.36. The number of hydrogen-bond acceptors (Lipinski definition) is 8. The Kier molecular flexibility index (Phi) is 6.51. The number of nitrogens with zero attached hydrogens (tertiary/aromatic N) is 4. The SMILES string of the molecule is [B]C1(O)C(O)(O)C1(C(=O)N1CCC(n2cc(Cc3ccc4c5c(cccc35)C(=O)N4C3CCC(=O)NC3=O)cn2)CC1)C(F)(F)F. The molecule has 4 aliphatic rings. The minimum Gasteiger partial charge on any atom is -0.393 e. The number of alkyl halides is 3. The van der Waals surface area contributed by atoms with Crippen LogP contribution in [-0.2, 0) is 20.8 Å². The summed E-state index contributed by atoms with van der Waals surface area (Å²) in [6.07, 6.45) is -0.830. The molecule has 2 aromatic carbocycles. The van der Waals surface area contributed by atoms with Crippen LogP contribution in [0.25, 0.3) is 10.8 Å². The van der Waals surface area contributed by atoms with Crippen molar-refractivity contribution >= 4 is 47.9 Å². The van der Waals surface area contributed by atoms with Crippen LogP contribution in [0.1, 0.15) is 53.2 Å². The normalized spacial score (nSPS) is 27.8. The molecule has 4 heterocycles. The van der Waals surface area contributed by atoms with E-state index in [-0.39, 0.29) is 56.6 Å². The smallest absolute Gasteiger partial charge is 0.393 e. The third kappa shape index (κ3) is 3.96. The van der Waals surface area contributed by atoms with Gasteiger partial charge in [0.1, 0.15) is 19.4 Å². The van der Waals surface area contributed by atoms with E-state index in [4.69, 9.17) is 7.85 Å². The second-order valence-corrected chi connectivity index (χ2v) is 12.3. The lowest BCUT2D eigenvalue weighted by molar-refractivity contribution is -0.239. The molecular formula is C30H27BF3N5O7. The molecule has 238 valence electrons. The number of benzene rings is 2. The van der Waals surface area contributed by atoms with Crippen LogP contribution in [0.3, 0.4) is 0 Å². The summed E-state index contributed by atoms with van der Waals surface area (Å²) in [7, 11) is 5.14. The van der Waals surface area contributed by atoms with Crippen molar-refractivity contribution in [2.24, 2.45) is 5.41 Å². The van der Waals surface area contributed by atoms with Crippen molar-refractivity contribution in [2.45, 2.75) is 61.7 Å². The molecule has 3 unspecified atom stereocenters. The fraction of sp³-hybridized carbons (Fsp3) is 0.433. The third-order valence-corrected chi connectivity index (χ3v) is 9.82. The fourth-order valence-corrected chi connectivity index (χ4v) is 7.30. The Morgan fingerprint density at radius 3 is 2.39 bits per heavy atom. The standard InChI is InChI=1S/C30H27BF3N5O7/c31-28(44)27(29(28,45)46,30(32,33)34)26(43)37-10-8-17(9-11-37)38-14-15(13-35-38)12-16-4-5-20-23-18(16)2-1-3-19(23)25(42)39(20)21-6-7-22(40)36-24(21)41/h1-5,13-14,17,21,44-46H,6-12H2,(H,36,40,41). The first-order chi connectivity index (χ1) is 21.6. The van der Waals surface area contributed by atoms with E-state index in [0.29, 0.717) is 23.1 Å². The molecular weight excluding hydrogens is 610 g/mol. The number of halogens is 3. The molecule has 1 aromatic heterocycles. The van der Waals surface area contributed by atoms with Crippen LogP contribution in [0.5, 0.6) is 0 Å². The molecule has 12 nitrogen and oxygen atoms in total. The van der Waals surface area contributed by atoms with Gasteiger partial charge in [-0.3, -0.25) is 34.1 Å². The van der Waals surface area contributed by atoms with Crippen LogP contribution in [0.15, 0.2) is 42.7 Å². The summed E-state index contributed by atoms with van der Waals surface area (Å²) in [4.78, 5) is 52.9. The van der Waals surface area contributed by atoms with Gasteiger partial charge in [-0.15, -0.1) is 0 Å². The van der Waals surface area contributed by atoms with Crippen LogP contribution in [0, 0.1) is 5.41 Å². The highest BCUT2D eigenvalue weighted by Gasteiger charge is 2.98. The molecule has 3 atom stereocenters. The minimum absolute atomic E-state index is 0.133. The van der Waals surface area contributed by atoms with Gasteiger partial charge in [0.2, 0.25) is 28.9 Å². The summed E-state index contributed by atoms with van der Waals surface area (Å²) >= 11 is 0. The summed E-state index contributed by atoms with van der Waals surface area (Å²) in [5, 5.41) is 37.8. The number of hydrogen-bond donors (Lipinski definition) is 4. The highest BCUT2D eigenvalue weighted by atomic mass is 19.4. The molecule has 46 heavy (non-hydrogen) atoms. The van der Waals surface area contributed by atoms with Gasteiger partial charge in [0.15, 0.2) is 0 Å². The van der Waals surface area contributed by atoms with E-state index in [0.717, 1.165) is 21.4 Å². The lowest BCUT2D eigenvalue weighted by Gasteiger charge is -2.35. The molecule has 2 saturated heterocycles. The Morgan fingerprint density at radius 1 is 1.07 bits per heavy atom. The second-order valence-electron chi connectivity index (χ2n) is 12.3. The van der Waals surface area contributed by atoms with E-state index in [1.54, 1.807) is 35.3 Å². The van der Waals surface area contributed by atoms with Gasteiger partial charge in [-0.1, -0.05) is 18.2 Å². The highest BCUT2D eigenvalue weighted by Crippen LogP contribution is 2.70. The Hall–Kier alpha value is -4.28. The van der Waals surface area contributed by atoms with Gasteiger partial charge < -0.3 is 20.2 Å². The van der Waals surface area contributed by atoms with Crippen molar-refractivity contribution < 1.29 is 47.7 Å².